The summed E-state index contributed by atoms with van der Waals surface area (Å²) in [5.74, 6) is 1.11. The highest BCUT2D eigenvalue weighted by Crippen LogP contribution is 2.39. The third-order valence-electron chi connectivity index (χ3n) is 11.7. The van der Waals surface area contributed by atoms with E-state index in [0.29, 0.717) is 11.8 Å². The van der Waals surface area contributed by atoms with Crippen LogP contribution < -0.4 is 4.90 Å². The number of rotatable bonds is 25. The van der Waals surface area contributed by atoms with Gasteiger partial charge >= 0.3 is 0 Å². The summed E-state index contributed by atoms with van der Waals surface area (Å²) in [6.07, 6.45) is 12.4. The Bertz CT molecular complexity index is 1030. The lowest BCUT2D eigenvalue weighted by Crippen LogP contribution is -2.38. The first kappa shape index (κ1) is 43.2. The van der Waals surface area contributed by atoms with Gasteiger partial charge in [0.2, 0.25) is 0 Å². The summed E-state index contributed by atoms with van der Waals surface area (Å²) >= 11 is 0. The topological polar surface area (TPSA) is 6.48 Å². The predicted molar refractivity (Wildman–Crippen MR) is 234 cm³/mol. The van der Waals surface area contributed by atoms with Crippen LogP contribution in [0, 0.1) is 0 Å². The van der Waals surface area contributed by atoms with E-state index in [1.165, 1.54) is 98.4 Å². The molecule has 1 aromatic rings. The van der Waals surface area contributed by atoms with Gasteiger partial charge in [-0.25, -0.2) is 0 Å². The molecule has 1 aromatic carbocycles. The molecule has 1 aliphatic heterocycles. The van der Waals surface area contributed by atoms with Crippen LogP contribution in [0.4, 0.5) is 5.69 Å². The summed E-state index contributed by atoms with van der Waals surface area (Å²) < 4.78 is 0. The van der Waals surface area contributed by atoms with Gasteiger partial charge in [-0.2, -0.15) is 0 Å². The van der Waals surface area contributed by atoms with E-state index in [4.69, 9.17) is 0 Å². The minimum absolute atomic E-state index is 0.554. The molecule has 0 N–H and O–H groups in total. The number of benzene rings is 1. The van der Waals surface area contributed by atoms with Crippen LogP contribution in [-0.2, 0) is 0 Å². The van der Waals surface area contributed by atoms with Crippen LogP contribution >= 0.6 is 0 Å². The van der Waals surface area contributed by atoms with Gasteiger partial charge in [-0.05, 0) is 54.1 Å². The number of nitrogens with zero attached hydrogens (tertiary/aromatic N) is 2. The van der Waals surface area contributed by atoms with Crippen LogP contribution in [0.25, 0.3) is 0 Å². The van der Waals surface area contributed by atoms with Crippen molar-refractivity contribution in [2.75, 3.05) is 31.2 Å². The Morgan fingerprint density at radius 2 is 1.00 bits per heavy atom. The van der Waals surface area contributed by atoms with Gasteiger partial charge in [0, 0.05) is 18.8 Å². The van der Waals surface area contributed by atoms with Crippen LogP contribution in [0.5, 0.6) is 0 Å². The average Bonchev–Trinajstić information content (AvgIpc) is 3.44. The number of hydrogen-bond acceptors (Lipinski definition) is 2. The fourth-order valence-corrected chi connectivity index (χ4v) is 21.2. The molecular weight excluding hydrogens is 645 g/mol. The zero-order valence-corrected chi connectivity index (χ0v) is 37.9. The molecule has 0 radical (unpaired) electrons. The van der Waals surface area contributed by atoms with E-state index in [2.05, 4.69) is 133 Å². The average molecular weight is 725 g/mol. The van der Waals surface area contributed by atoms with Crippen molar-refractivity contribution in [1.82, 2.24) is 4.90 Å². The van der Waals surface area contributed by atoms with Crippen molar-refractivity contribution >= 4 is 38.0 Å². The predicted octanol–water partition coefficient (Wildman–Crippen LogP) is 13.7. The lowest BCUT2D eigenvalue weighted by molar-refractivity contribution is 0.341. The van der Waals surface area contributed by atoms with E-state index in [1.54, 1.807) is 24.2 Å². The first-order valence-electron chi connectivity index (χ1n) is 19.9. The number of anilines is 1. The molecule has 2 rings (SSSR count). The number of allylic oxidation sites excluding steroid dienone is 3. The fourth-order valence-electron chi connectivity index (χ4n) is 8.62. The molecule has 1 heterocycles. The molecule has 1 saturated heterocycles. The molecule has 274 valence electrons. The van der Waals surface area contributed by atoms with Crippen molar-refractivity contribution in [3.63, 3.8) is 0 Å². The van der Waals surface area contributed by atoms with Crippen LogP contribution in [0.15, 0.2) is 56.2 Å². The minimum Gasteiger partial charge on any atom is -0.357 e. The van der Waals surface area contributed by atoms with E-state index >= 15 is 0 Å². The van der Waals surface area contributed by atoms with Crippen LogP contribution in [0.3, 0.4) is 0 Å². The Kier molecular flexibility index (Phi) is 18.2. The van der Waals surface area contributed by atoms with Crippen molar-refractivity contribution in [1.29, 1.82) is 0 Å². The van der Waals surface area contributed by atoms with Crippen molar-refractivity contribution in [3.8, 4) is 0 Å². The highest BCUT2D eigenvalue weighted by molar-refractivity contribution is 6.82. The van der Waals surface area contributed by atoms with Gasteiger partial charge in [-0.15, -0.1) is 19.7 Å². The zero-order valence-electron chi connectivity index (χ0n) is 33.9. The monoisotopic (exact) mass is 725 g/mol. The molecule has 0 saturated carbocycles. The summed E-state index contributed by atoms with van der Waals surface area (Å²) in [7, 11) is -4.96. The van der Waals surface area contributed by atoms with Gasteiger partial charge in [0.05, 0.1) is 39.0 Å². The highest BCUT2D eigenvalue weighted by Gasteiger charge is 2.35. The molecule has 0 spiro atoms. The highest BCUT2D eigenvalue weighted by atomic mass is 28.3. The molecule has 0 atom stereocenters. The number of para-hydroxylation sites is 1. The molecule has 0 aromatic heterocycles. The molecule has 6 heteroatoms. The zero-order chi connectivity index (χ0) is 36.0. The second-order valence-electron chi connectivity index (χ2n) is 18.8. The first-order chi connectivity index (χ1) is 22.5. The number of hydrogen-bond donors (Lipinski definition) is 0. The Morgan fingerprint density at radius 1 is 0.604 bits per heavy atom. The lowest BCUT2D eigenvalue weighted by Gasteiger charge is -2.36. The summed E-state index contributed by atoms with van der Waals surface area (Å²) in [6.45, 7) is 42.2. The molecule has 0 aliphatic carbocycles. The summed E-state index contributed by atoms with van der Waals surface area (Å²) in [5.41, 5.74) is 4.60. The second-order valence-corrected chi connectivity index (χ2v) is 39.5. The molecule has 1 fully saturated rings. The van der Waals surface area contributed by atoms with Gasteiger partial charge in [0.15, 0.2) is 0 Å². The third kappa shape index (κ3) is 14.7. The molecule has 0 amide bonds. The first-order valence-corrected chi connectivity index (χ1v) is 33.0. The molecule has 2 nitrogen and oxygen atoms in total. The SMILES string of the molecule is C=CC[Si](C)(C)CCC[Si](CCCN1CCN(c2c(C(C)C)cccc2C(C)C)C1)(CCC[Si](C)(C)CC=C)CCC[Si](C)(C)CC=C. The molecular formula is C42H80N2Si4. The summed E-state index contributed by atoms with van der Waals surface area (Å²) in [5, 5.41) is 0. The van der Waals surface area contributed by atoms with Crippen molar-refractivity contribution < 1.29 is 0 Å². The summed E-state index contributed by atoms with van der Waals surface area (Å²) in [6, 6.07) is 21.6. The molecule has 1 aliphatic rings. The van der Waals surface area contributed by atoms with Gasteiger partial charge in [-0.1, -0.05) is 165 Å². The Morgan fingerprint density at radius 3 is 1.38 bits per heavy atom. The minimum atomic E-state index is -1.42. The fraction of sp³-hybridized carbons (Fsp3) is 0.714. The second kappa shape index (κ2) is 20.2. The Labute approximate surface area is 305 Å². The van der Waals surface area contributed by atoms with Crippen LogP contribution in [-0.4, -0.2) is 63.5 Å². The normalized spacial score (nSPS) is 15.1. The molecule has 48 heavy (non-hydrogen) atoms. The maximum absolute atomic E-state index is 4.12. The van der Waals surface area contributed by atoms with Crippen LogP contribution in [0.1, 0.15) is 76.3 Å². The molecule has 0 unspecified atom stereocenters. The van der Waals surface area contributed by atoms with Gasteiger partial charge in [0.1, 0.15) is 0 Å². The summed E-state index contributed by atoms with van der Waals surface area (Å²) in [4.78, 5) is 5.51. The van der Waals surface area contributed by atoms with E-state index in [0.717, 1.165) is 6.67 Å². The maximum atomic E-state index is 4.12. The quantitative estimate of drug-likeness (QED) is 0.0732. The van der Waals surface area contributed by atoms with Crippen LogP contribution in [0.2, 0.25) is 99.7 Å². The maximum Gasteiger partial charge on any atom is 0.0708 e. The van der Waals surface area contributed by atoms with Gasteiger partial charge < -0.3 is 4.90 Å². The largest absolute Gasteiger partial charge is 0.357 e. The lowest BCUT2D eigenvalue weighted by atomic mass is 9.92. The Balaban J connectivity index is 2.24. The Hall–Kier alpha value is -0.932. The van der Waals surface area contributed by atoms with E-state index in [-0.39, 0.29) is 0 Å². The van der Waals surface area contributed by atoms with Crippen molar-refractivity contribution in [2.45, 2.75) is 165 Å². The van der Waals surface area contributed by atoms with E-state index in [9.17, 15) is 0 Å². The van der Waals surface area contributed by atoms with Crippen molar-refractivity contribution in [2.24, 2.45) is 0 Å². The molecule has 0 bridgehead atoms. The van der Waals surface area contributed by atoms with Gasteiger partial charge in [-0.3, -0.25) is 4.90 Å². The van der Waals surface area contributed by atoms with E-state index in [1.807, 2.05) is 0 Å². The van der Waals surface area contributed by atoms with Gasteiger partial charge in [0.25, 0.3) is 0 Å². The van der Waals surface area contributed by atoms with Crippen molar-refractivity contribution in [3.05, 3.63) is 67.3 Å². The van der Waals surface area contributed by atoms with E-state index < -0.39 is 32.3 Å². The standard InChI is InChI=1S/C42H80N2Si4/c1-14-27-45(8,9)30-19-34-48(35-20-31-46(10,11)28-15-2,36-21-32-47(12,13)29-16-3)33-18-24-43-25-26-44(37-43)42-40(38(4)5)22-17-23-41(42)39(6)7/h14-17,22-23,38-39H,1-3,18-21,24-37H2,4-13H3. The smallest absolute Gasteiger partial charge is 0.0708 e. The third-order valence-corrected chi connectivity index (χ3v) is 26.6.